The zero-order valence-corrected chi connectivity index (χ0v) is 23.6. The summed E-state index contributed by atoms with van der Waals surface area (Å²) in [5.41, 5.74) is 2.76. The minimum atomic E-state index is -0.140. The molecule has 8 nitrogen and oxygen atoms in total. The Kier molecular flexibility index (Phi) is 8.48. The van der Waals surface area contributed by atoms with Crippen molar-refractivity contribution in [3.63, 3.8) is 0 Å². The highest BCUT2D eigenvalue weighted by molar-refractivity contribution is 8.76. The Morgan fingerprint density at radius 2 is 1.23 bits per heavy atom. The number of amides is 2. The molecule has 2 unspecified atom stereocenters. The van der Waals surface area contributed by atoms with E-state index in [0.29, 0.717) is 24.2 Å². The molecule has 2 atom stereocenters. The number of hydrogen-bond acceptors (Lipinski definition) is 8. The summed E-state index contributed by atoms with van der Waals surface area (Å²) in [6.45, 7) is 2.56. The lowest BCUT2D eigenvalue weighted by molar-refractivity contribution is 0.0854. The van der Waals surface area contributed by atoms with E-state index < -0.39 is 0 Å². The molecule has 2 N–H and O–H groups in total. The highest BCUT2D eigenvalue weighted by Gasteiger charge is 2.19. The second-order valence-electron chi connectivity index (χ2n) is 9.96. The number of para-hydroxylation sites is 2. The monoisotopic (exact) mass is 574 g/mol. The molecule has 40 heavy (non-hydrogen) atoms. The van der Waals surface area contributed by atoms with E-state index in [9.17, 15) is 9.59 Å². The Morgan fingerprint density at radius 3 is 1.65 bits per heavy atom. The zero-order chi connectivity index (χ0) is 27.3. The summed E-state index contributed by atoms with van der Waals surface area (Å²) in [6.07, 6.45) is 7.50. The summed E-state index contributed by atoms with van der Waals surface area (Å²) < 4.78 is 11.2. The van der Waals surface area contributed by atoms with Gasteiger partial charge < -0.3 is 20.1 Å². The molecule has 4 heterocycles. The minimum absolute atomic E-state index is 0.0985. The molecule has 2 aromatic carbocycles. The highest BCUT2D eigenvalue weighted by atomic mass is 33.1. The second kappa shape index (κ2) is 12.6. The Morgan fingerprint density at radius 1 is 0.750 bits per heavy atom. The van der Waals surface area contributed by atoms with E-state index in [4.69, 9.17) is 9.47 Å². The Bertz CT molecular complexity index is 1420. The van der Waals surface area contributed by atoms with Gasteiger partial charge in [0.1, 0.15) is 0 Å². The summed E-state index contributed by atoms with van der Waals surface area (Å²) >= 11 is 0. The first-order valence-corrected chi connectivity index (χ1v) is 15.7. The van der Waals surface area contributed by atoms with Crippen molar-refractivity contribution in [2.45, 2.75) is 47.7 Å². The number of pyridine rings is 2. The number of carbonyl (C=O) groups excluding carboxylic acids is 2. The number of hydrogen-bond donors (Lipinski definition) is 2. The minimum Gasteiger partial charge on any atom is -0.376 e. The van der Waals surface area contributed by atoms with Crippen LogP contribution in [0.1, 0.15) is 46.4 Å². The van der Waals surface area contributed by atoms with Crippen molar-refractivity contribution in [1.82, 2.24) is 20.6 Å². The number of nitrogens with zero attached hydrogens (tertiary/aromatic N) is 2. The largest absolute Gasteiger partial charge is 0.376 e. The van der Waals surface area contributed by atoms with Gasteiger partial charge in [-0.25, -0.2) is 0 Å². The smallest absolute Gasteiger partial charge is 0.252 e. The number of fused-ring (bicyclic) bond motifs is 2. The van der Waals surface area contributed by atoms with Crippen LogP contribution in [0.15, 0.2) is 70.7 Å². The molecular formula is C30H30N4O4S2. The van der Waals surface area contributed by atoms with Gasteiger partial charge in [-0.3, -0.25) is 19.6 Å². The van der Waals surface area contributed by atoms with Crippen LogP contribution in [0.3, 0.4) is 0 Å². The molecule has 2 aromatic heterocycles. The SMILES string of the molecule is O=C(NCC1CCCO1)c1cnc2c(SSc3cccc4cc(C(=O)NCC5CCCO5)cnc34)cccc2c1. The van der Waals surface area contributed by atoms with E-state index in [-0.39, 0.29) is 24.0 Å². The van der Waals surface area contributed by atoms with E-state index >= 15 is 0 Å². The number of carbonyl (C=O) groups is 2. The first kappa shape index (κ1) is 27.0. The fraction of sp³-hybridized carbons (Fsp3) is 0.333. The molecule has 2 amide bonds. The van der Waals surface area contributed by atoms with E-state index in [1.54, 1.807) is 34.0 Å². The van der Waals surface area contributed by atoms with Crippen LogP contribution in [0.4, 0.5) is 0 Å². The van der Waals surface area contributed by atoms with Gasteiger partial charge in [0.2, 0.25) is 0 Å². The Balaban J connectivity index is 1.13. The first-order chi connectivity index (χ1) is 19.6. The van der Waals surface area contributed by atoms with Crippen molar-refractivity contribution in [2.75, 3.05) is 26.3 Å². The molecule has 6 rings (SSSR count). The van der Waals surface area contributed by atoms with Gasteiger partial charge >= 0.3 is 0 Å². The Labute approximate surface area is 240 Å². The van der Waals surface area contributed by atoms with Crippen LogP contribution in [0.2, 0.25) is 0 Å². The van der Waals surface area contributed by atoms with Gasteiger partial charge in [0.05, 0.1) is 34.4 Å². The quantitative estimate of drug-likeness (QED) is 0.256. The molecule has 4 aromatic rings. The molecule has 10 heteroatoms. The van der Waals surface area contributed by atoms with E-state index in [0.717, 1.165) is 70.5 Å². The van der Waals surface area contributed by atoms with Crippen LogP contribution in [0.5, 0.6) is 0 Å². The molecule has 0 saturated carbocycles. The molecule has 0 spiro atoms. The van der Waals surface area contributed by atoms with Gasteiger partial charge in [-0.1, -0.05) is 45.9 Å². The van der Waals surface area contributed by atoms with Crippen LogP contribution in [0, 0.1) is 0 Å². The molecule has 0 radical (unpaired) electrons. The van der Waals surface area contributed by atoms with Crippen molar-refractivity contribution in [3.8, 4) is 0 Å². The van der Waals surface area contributed by atoms with Crippen molar-refractivity contribution in [3.05, 3.63) is 72.1 Å². The van der Waals surface area contributed by atoms with E-state index in [2.05, 4.69) is 20.6 Å². The average Bonchev–Trinajstić information content (AvgIpc) is 3.72. The Hall–Kier alpha value is -3.18. The topological polar surface area (TPSA) is 102 Å². The van der Waals surface area contributed by atoms with Crippen LogP contribution in [0.25, 0.3) is 21.8 Å². The molecule has 2 aliphatic rings. The van der Waals surface area contributed by atoms with Gasteiger partial charge in [0, 0.05) is 59.3 Å². The lowest BCUT2D eigenvalue weighted by atomic mass is 10.1. The van der Waals surface area contributed by atoms with Crippen molar-refractivity contribution in [2.24, 2.45) is 0 Å². The second-order valence-corrected chi connectivity index (χ2v) is 12.2. The molecule has 2 saturated heterocycles. The number of aromatic nitrogens is 2. The van der Waals surface area contributed by atoms with Gasteiger partial charge in [0.25, 0.3) is 11.8 Å². The van der Waals surface area contributed by atoms with Crippen LogP contribution >= 0.6 is 21.6 Å². The maximum Gasteiger partial charge on any atom is 0.252 e. The third-order valence-corrected chi connectivity index (χ3v) is 9.55. The molecular weight excluding hydrogens is 544 g/mol. The molecule has 2 fully saturated rings. The summed E-state index contributed by atoms with van der Waals surface area (Å²) in [5.74, 6) is -0.279. The maximum atomic E-state index is 12.7. The number of benzene rings is 2. The third kappa shape index (κ3) is 6.25. The predicted molar refractivity (Wildman–Crippen MR) is 158 cm³/mol. The fourth-order valence-electron chi connectivity index (χ4n) is 4.97. The van der Waals surface area contributed by atoms with Crippen LogP contribution in [-0.4, -0.2) is 60.3 Å². The standard InChI is InChI=1S/C30H30N4O4S2/c35-29(33-17-23-7-3-11-37-23)21-13-19-5-1-9-25(27(19)31-15-21)39-40-26-10-2-6-20-14-22(16-32-28(20)26)30(36)34-18-24-8-4-12-38-24/h1-2,5-6,9-10,13-16,23-24H,3-4,7-8,11-12,17-18H2,(H,33,35)(H,34,36). The van der Waals surface area contributed by atoms with Gasteiger partial charge in [-0.2, -0.15) is 0 Å². The van der Waals surface area contributed by atoms with E-state index in [1.807, 2.05) is 48.5 Å². The van der Waals surface area contributed by atoms with Crippen molar-refractivity contribution in [1.29, 1.82) is 0 Å². The fourth-order valence-corrected chi connectivity index (χ4v) is 7.26. The van der Waals surface area contributed by atoms with Gasteiger partial charge in [-0.05, 0) is 49.9 Å². The number of ether oxygens (including phenoxy) is 2. The zero-order valence-electron chi connectivity index (χ0n) is 21.9. The number of nitrogens with one attached hydrogen (secondary N) is 2. The average molecular weight is 575 g/mol. The summed E-state index contributed by atoms with van der Waals surface area (Å²) in [5, 5.41) is 7.74. The molecule has 206 valence electrons. The molecule has 0 bridgehead atoms. The molecule has 0 aliphatic carbocycles. The van der Waals surface area contributed by atoms with Crippen molar-refractivity contribution >= 4 is 55.2 Å². The maximum absolute atomic E-state index is 12.7. The summed E-state index contributed by atoms with van der Waals surface area (Å²) in [4.78, 5) is 36.6. The van der Waals surface area contributed by atoms with Gasteiger partial charge in [0.15, 0.2) is 0 Å². The summed E-state index contributed by atoms with van der Waals surface area (Å²) in [7, 11) is 3.19. The predicted octanol–water partition coefficient (Wildman–Crippen LogP) is 5.40. The summed E-state index contributed by atoms with van der Waals surface area (Å²) in [6, 6.07) is 15.7. The van der Waals surface area contributed by atoms with E-state index in [1.165, 1.54) is 0 Å². The first-order valence-electron chi connectivity index (χ1n) is 13.6. The van der Waals surface area contributed by atoms with Crippen LogP contribution in [-0.2, 0) is 9.47 Å². The highest BCUT2D eigenvalue weighted by Crippen LogP contribution is 2.42. The third-order valence-electron chi connectivity index (χ3n) is 7.12. The van der Waals surface area contributed by atoms with Gasteiger partial charge in [-0.15, -0.1) is 0 Å². The van der Waals surface area contributed by atoms with Crippen molar-refractivity contribution < 1.29 is 19.1 Å². The molecule has 2 aliphatic heterocycles. The normalized spacial score (nSPS) is 18.8. The lowest BCUT2D eigenvalue weighted by Crippen LogP contribution is -2.31. The van der Waals surface area contributed by atoms with Crippen LogP contribution < -0.4 is 10.6 Å². The number of rotatable bonds is 9. The lowest BCUT2D eigenvalue weighted by Gasteiger charge is -2.12.